The summed E-state index contributed by atoms with van der Waals surface area (Å²) >= 11 is 0. The van der Waals surface area contributed by atoms with Gasteiger partial charge in [-0.05, 0) is 6.42 Å². The number of ether oxygens (including phenoxy) is 1. The van der Waals surface area contributed by atoms with Crippen LogP contribution >= 0.6 is 0 Å². The zero-order valence-electron chi connectivity index (χ0n) is 7.50. The molecule has 0 bridgehead atoms. The standard InChI is InChI=1S/C7H13NO.Na.H2O/c1-3-4-7(9-2)5-6-8;;/h7H,3-5H2,1-2H3;;1H2/q;+1;/p-1. The average molecular weight is 167 g/mol. The van der Waals surface area contributed by atoms with Crippen molar-refractivity contribution in [2.75, 3.05) is 7.11 Å². The van der Waals surface area contributed by atoms with Crippen LogP contribution in [0.2, 0.25) is 0 Å². The molecule has 0 radical (unpaired) electrons. The molecule has 0 rings (SSSR count). The van der Waals surface area contributed by atoms with Crippen LogP contribution in [0.1, 0.15) is 26.2 Å². The third kappa shape index (κ3) is 10.4. The van der Waals surface area contributed by atoms with Crippen LogP contribution in [0.25, 0.3) is 0 Å². The minimum atomic E-state index is 0. The smallest absolute Gasteiger partial charge is 0.870 e. The summed E-state index contributed by atoms with van der Waals surface area (Å²) in [6.07, 6.45) is 2.74. The Bertz CT molecular complexity index is 103. The van der Waals surface area contributed by atoms with E-state index in [4.69, 9.17) is 10.00 Å². The molecular formula is C7H14NNaO2. The molecule has 1 unspecified atom stereocenters. The minimum Gasteiger partial charge on any atom is -0.870 e. The fraction of sp³-hybridized carbons (Fsp3) is 0.857. The molecule has 11 heavy (non-hydrogen) atoms. The van der Waals surface area contributed by atoms with Crippen LogP contribution in [0.5, 0.6) is 0 Å². The SMILES string of the molecule is CCCC(CC#N)OC.[Na+].[OH-]. The molecule has 0 aromatic rings. The quantitative estimate of drug-likeness (QED) is 0.481. The van der Waals surface area contributed by atoms with Crippen molar-refractivity contribution < 1.29 is 39.8 Å². The zero-order chi connectivity index (χ0) is 7.11. The van der Waals surface area contributed by atoms with Gasteiger partial charge in [0, 0.05) is 7.11 Å². The van der Waals surface area contributed by atoms with E-state index in [1.807, 2.05) is 0 Å². The predicted molar refractivity (Wildman–Crippen MR) is 37.9 cm³/mol. The van der Waals surface area contributed by atoms with Crippen molar-refractivity contribution in [1.82, 2.24) is 0 Å². The molecule has 0 aliphatic heterocycles. The van der Waals surface area contributed by atoms with E-state index >= 15 is 0 Å². The summed E-state index contributed by atoms with van der Waals surface area (Å²) in [4.78, 5) is 0. The van der Waals surface area contributed by atoms with Gasteiger partial charge in [0.25, 0.3) is 0 Å². The number of nitrogens with zero attached hydrogens (tertiary/aromatic N) is 1. The van der Waals surface area contributed by atoms with E-state index in [2.05, 4.69) is 13.0 Å². The summed E-state index contributed by atoms with van der Waals surface area (Å²) in [5, 5.41) is 8.26. The molecule has 0 saturated heterocycles. The second kappa shape index (κ2) is 13.0. The minimum absolute atomic E-state index is 0. The average Bonchev–Trinajstić information content (AvgIpc) is 1.88. The third-order valence-corrected chi connectivity index (χ3v) is 1.26. The van der Waals surface area contributed by atoms with Crippen molar-refractivity contribution in [3.05, 3.63) is 0 Å². The Morgan fingerprint density at radius 3 is 2.36 bits per heavy atom. The number of hydrogen-bond donors (Lipinski definition) is 0. The van der Waals surface area contributed by atoms with Crippen molar-refractivity contribution >= 4 is 0 Å². The zero-order valence-corrected chi connectivity index (χ0v) is 9.50. The third-order valence-electron chi connectivity index (χ3n) is 1.26. The molecule has 3 nitrogen and oxygen atoms in total. The van der Waals surface area contributed by atoms with Crippen LogP contribution in [0.4, 0.5) is 0 Å². The molecule has 0 aromatic carbocycles. The van der Waals surface area contributed by atoms with Crippen LogP contribution < -0.4 is 29.6 Å². The molecule has 0 aliphatic carbocycles. The monoisotopic (exact) mass is 167 g/mol. The number of methoxy groups -OCH3 is 1. The Morgan fingerprint density at radius 2 is 2.09 bits per heavy atom. The van der Waals surface area contributed by atoms with Gasteiger partial charge in [-0.25, -0.2) is 0 Å². The van der Waals surface area contributed by atoms with Crippen LogP contribution in [-0.2, 0) is 4.74 Å². The molecule has 0 fully saturated rings. The first kappa shape index (κ1) is 17.5. The molecule has 0 saturated carbocycles. The molecule has 0 aromatic heterocycles. The summed E-state index contributed by atoms with van der Waals surface area (Å²) in [6, 6.07) is 2.08. The number of rotatable bonds is 4. The van der Waals surface area contributed by atoms with Gasteiger partial charge >= 0.3 is 29.6 Å². The van der Waals surface area contributed by atoms with Crippen LogP contribution in [-0.4, -0.2) is 18.7 Å². The number of nitriles is 1. The summed E-state index contributed by atoms with van der Waals surface area (Å²) in [5.74, 6) is 0. The predicted octanol–water partition coefficient (Wildman–Crippen LogP) is -1.46. The Kier molecular flexibility index (Phi) is 20.7. The van der Waals surface area contributed by atoms with Gasteiger partial charge in [0.05, 0.1) is 18.6 Å². The molecule has 0 spiro atoms. The topological polar surface area (TPSA) is 63.0 Å². The first-order valence-electron chi connectivity index (χ1n) is 3.24. The van der Waals surface area contributed by atoms with E-state index in [1.54, 1.807) is 7.11 Å². The first-order chi connectivity index (χ1) is 4.35. The summed E-state index contributed by atoms with van der Waals surface area (Å²) < 4.78 is 5.01. The van der Waals surface area contributed by atoms with Crippen molar-refractivity contribution in [2.45, 2.75) is 32.3 Å². The van der Waals surface area contributed by atoms with Gasteiger partial charge < -0.3 is 10.2 Å². The number of hydrogen-bond acceptors (Lipinski definition) is 3. The van der Waals surface area contributed by atoms with Crippen molar-refractivity contribution in [3.8, 4) is 6.07 Å². The first-order valence-corrected chi connectivity index (χ1v) is 3.24. The fourth-order valence-corrected chi connectivity index (χ4v) is 0.727. The van der Waals surface area contributed by atoms with E-state index in [-0.39, 0.29) is 41.1 Å². The molecule has 1 N–H and O–H groups in total. The van der Waals surface area contributed by atoms with Crippen molar-refractivity contribution in [2.24, 2.45) is 0 Å². The van der Waals surface area contributed by atoms with Gasteiger partial charge in [0.15, 0.2) is 0 Å². The molecule has 0 heterocycles. The molecular weight excluding hydrogens is 153 g/mol. The molecule has 0 aliphatic rings. The summed E-state index contributed by atoms with van der Waals surface area (Å²) in [6.45, 7) is 2.09. The maximum Gasteiger partial charge on any atom is 1.00 e. The van der Waals surface area contributed by atoms with E-state index in [1.165, 1.54) is 0 Å². The van der Waals surface area contributed by atoms with Crippen molar-refractivity contribution in [3.63, 3.8) is 0 Å². The maximum absolute atomic E-state index is 8.26. The van der Waals surface area contributed by atoms with Gasteiger partial charge in [-0.15, -0.1) is 0 Å². The van der Waals surface area contributed by atoms with Gasteiger partial charge in [-0.2, -0.15) is 5.26 Å². The summed E-state index contributed by atoms with van der Waals surface area (Å²) in [7, 11) is 1.65. The van der Waals surface area contributed by atoms with E-state index < -0.39 is 0 Å². The molecule has 4 heteroatoms. The second-order valence-electron chi connectivity index (χ2n) is 2.01. The largest absolute Gasteiger partial charge is 1.00 e. The normalized spacial score (nSPS) is 10.3. The molecule has 60 valence electrons. The maximum atomic E-state index is 8.26. The fourth-order valence-electron chi connectivity index (χ4n) is 0.727. The van der Waals surface area contributed by atoms with Crippen LogP contribution in [0.3, 0.4) is 0 Å². The van der Waals surface area contributed by atoms with Crippen LogP contribution in [0.15, 0.2) is 0 Å². The van der Waals surface area contributed by atoms with Gasteiger partial charge in [-0.3, -0.25) is 0 Å². The van der Waals surface area contributed by atoms with E-state index in [9.17, 15) is 0 Å². The van der Waals surface area contributed by atoms with E-state index in [0.29, 0.717) is 6.42 Å². The van der Waals surface area contributed by atoms with Crippen molar-refractivity contribution in [1.29, 1.82) is 5.26 Å². The van der Waals surface area contributed by atoms with Gasteiger partial charge in [0.1, 0.15) is 0 Å². The van der Waals surface area contributed by atoms with Gasteiger partial charge in [0.2, 0.25) is 0 Å². The van der Waals surface area contributed by atoms with Gasteiger partial charge in [-0.1, -0.05) is 13.3 Å². The van der Waals surface area contributed by atoms with Crippen LogP contribution in [0, 0.1) is 11.3 Å². The summed E-state index contributed by atoms with van der Waals surface area (Å²) in [5.41, 5.74) is 0. The Labute approximate surface area is 90.3 Å². The molecule has 0 amide bonds. The Balaban J connectivity index is -0.000000320. The molecule has 1 atom stereocenters. The Morgan fingerprint density at radius 1 is 1.55 bits per heavy atom. The Hall–Kier alpha value is 0.410. The van der Waals surface area contributed by atoms with E-state index in [0.717, 1.165) is 12.8 Å². The second-order valence-corrected chi connectivity index (χ2v) is 2.01.